The minimum Gasteiger partial charge on any atom is -0.492 e. The quantitative estimate of drug-likeness (QED) is 0.799. The number of rotatable bonds is 4. The monoisotopic (exact) mass is 294 g/mol. The van der Waals surface area contributed by atoms with Crippen LogP contribution in [0.25, 0.3) is 0 Å². The summed E-state index contributed by atoms with van der Waals surface area (Å²) in [7, 11) is 1.32. The van der Waals surface area contributed by atoms with Crippen molar-refractivity contribution in [2.24, 2.45) is 0 Å². The third kappa shape index (κ3) is 4.09. The van der Waals surface area contributed by atoms with Crippen molar-refractivity contribution in [3.05, 3.63) is 29.8 Å². The zero-order valence-corrected chi connectivity index (χ0v) is 11.7. The predicted molar refractivity (Wildman–Crippen MR) is 74.7 cm³/mol. The number of ether oxygens (including phenoxy) is 2. The number of benzene rings is 1. The molecule has 0 radical (unpaired) electrons. The van der Waals surface area contributed by atoms with E-state index in [1.807, 2.05) is 0 Å². The molecule has 1 fully saturated rings. The summed E-state index contributed by atoms with van der Waals surface area (Å²) in [5.41, 5.74) is 0.416. The van der Waals surface area contributed by atoms with Gasteiger partial charge in [-0.05, 0) is 18.2 Å². The number of nitrogens with one attached hydrogen (secondary N) is 1. The number of hydrogen-bond donors (Lipinski definition) is 2. The number of carbonyl (C=O) groups is 2. The van der Waals surface area contributed by atoms with Crippen molar-refractivity contribution >= 4 is 12.1 Å². The molecule has 2 rings (SSSR count). The summed E-state index contributed by atoms with van der Waals surface area (Å²) in [6, 6.07) is 6.62. The molecular weight excluding hydrogens is 276 g/mol. The Labute approximate surface area is 122 Å². The first-order valence-corrected chi connectivity index (χ1v) is 6.62. The number of nitrogens with zero attached hydrogens (tertiary/aromatic N) is 1. The molecule has 0 bridgehead atoms. The van der Waals surface area contributed by atoms with E-state index in [2.05, 4.69) is 10.1 Å². The molecule has 1 aliphatic rings. The number of esters is 1. The maximum atomic E-state index is 11.4. The van der Waals surface area contributed by atoms with Gasteiger partial charge in [-0.25, -0.2) is 9.59 Å². The molecular formula is C14H18N2O5. The SMILES string of the molecule is COC(=O)c1cccc(OCC2CN(C(=O)O)CCN2)c1. The molecule has 1 heterocycles. The number of hydrogen-bond acceptors (Lipinski definition) is 5. The smallest absolute Gasteiger partial charge is 0.407 e. The molecule has 1 aromatic carbocycles. The molecule has 1 saturated heterocycles. The molecule has 0 spiro atoms. The molecule has 7 heteroatoms. The molecule has 1 atom stereocenters. The van der Waals surface area contributed by atoms with Crippen LogP contribution in [0.3, 0.4) is 0 Å². The molecule has 1 aliphatic heterocycles. The van der Waals surface area contributed by atoms with Gasteiger partial charge in [0.15, 0.2) is 0 Å². The standard InChI is InChI=1S/C14H18N2O5/c1-20-13(17)10-3-2-4-12(7-10)21-9-11-8-16(14(18)19)6-5-15-11/h2-4,7,11,15H,5-6,8-9H2,1H3,(H,18,19). The molecule has 0 aliphatic carbocycles. The van der Waals surface area contributed by atoms with Crippen LogP contribution in [0.4, 0.5) is 4.79 Å². The lowest BCUT2D eigenvalue weighted by Crippen LogP contribution is -2.54. The van der Waals surface area contributed by atoms with Crippen LogP contribution in [-0.2, 0) is 4.74 Å². The number of carboxylic acid groups (broad SMARTS) is 1. The molecule has 0 saturated carbocycles. The van der Waals surface area contributed by atoms with E-state index in [4.69, 9.17) is 9.84 Å². The van der Waals surface area contributed by atoms with Crippen LogP contribution >= 0.6 is 0 Å². The summed E-state index contributed by atoms with van der Waals surface area (Å²) in [5.74, 6) is 0.125. The molecule has 1 unspecified atom stereocenters. The van der Waals surface area contributed by atoms with Gasteiger partial charge in [0.05, 0.1) is 18.7 Å². The Morgan fingerprint density at radius 1 is 1.48 bits per heavy atom. The van der Waals surface area contributed by atoms with E-state index < -0.39 is 12.1 Å². The van der Waals surface area contributed by atoms with E-state index in [0.717, 1.165) is 0 Å². The van der Waals surface area contributed by atoms with Gasteiger partial charge >= 0.3 is 12.1 Å². The van der Waals surface area contributed by atoms with Crippen molar-refractivity contribution in [1.29, 1.82) is 0 Å². The Hall–Kier alpha value is -2.28. The number of methoxy groups -OCH3 is 1. The molecule has 114 valence electrons. The molecule has 1 aromatic rings. The van der Waals surface area contributed by atoms with Crippen LogP contribution in [0.15, 0.2) is 24.3 Å². The summed E-state index contributed by atoms with van der Waals surface area (Å²) in [6.07, 6.45) is -0.922. The molecule has 0 aromatic heterocycles. The van der Waals surface area contributed by atoms with Gasteiger partial charge in [0, 0.05) is 19.6 Å². The number of carbonyl (C=O) groups excluding carboxylic acids is 1. The first-order valence-electron chi connectivity index (χ1n) is 6.62. The Morgan fingerprint density at radius 2 is 2.29 bits per heavy atom. The highest BCUT2D eigenvalue weighted by molar-refractivity contribution is 5.89. The summed E-state index contributed by atoms with van der Waals surface area (Å²) >= 11 is 0. The van der Waals surface area contributed by atoms with E-state index in [-0.39, 0.29) is 6.04 Å². The minimum absolute atomic E-state index is 0.0726. The largest absolute Gasteiger partial charge is 0.492 e. The second-order valence-corrected chi connectivity index (χ2v) is 4.71. The zero-order chi connectivity index (χ0) is 15.2. The number of piperazine rings is 1. The zero-order valence-electron chi connectivity index (χ0n) is 11.7. The average molecular weight is 294 g/mol. The van der Waals surface area contributed by atoms with Crippen molar-refractivity contribution in [1.82, 2.24) is 10.2 Å². The lowest BCUT2D eigenvalue weighted by Gasteiger charge is -2.31. The maximum Gasteiger partial charge on any atom is 0.407 e. The summed E-state index contributed by atoms with van der Waals surface area (Å²) in [6.45, 7) is 1.78. The van der Waals surface area contributed by atoms with Crippen molar-refractivity contribution in [3.8, 4) is 5.75 Å². The van der Waals surface area contributed by atoms with Crippen LogP contribution in [0, 0.1) is 0 Å². The Balaban J connectivity index is 1.90. The van der Waals surface area contributed by atoms with Gasteiger partial charge in [-0.15, -0.1) is 0 Å². The van der Waals surface area contributed by atoms with Crippen LogP contribution in [0.1, 0.15) is 10.4 Å². The van der Waals surface area contributed by atoms with Crippen LogP contribution in [0.5, 0.6) is 5.75 Å². The fraction of sp³-hybridized carbons (Fsp3) is 0.429. The fourth-order valence-electron chi connectivity index (χ4n) is 2.14. The first kappa shape index (κ1) is 15.1. The molecule has 21 heavy (non-hydrogen) atoms. The Morgan fingerprint density at radius 3 is 3.00 bits per heavy atom. The van der Waals surface area contributed by atoms with Crippen LogP contribution < -0.4 is 10.1 Å². The van der Waals surface area contributed by atoms with Gasteiger partial charge in [-0.3, -0.25) is 0 Å². The highest BCUT2D eigenvalue weighted by atomic mass is 16.5. The highest BCUT2D eigenvalue weighted by Gasteiger charge is 2.23. The summed E-state index contributed by atoms with van der Waals surface area (Å²) < 4.78 is 10.3. The average Bonchev–Trinajstić information content (AvgIpc) is 2.52. The second-order valence-electron chi connectivity index (χ2n) is 4.71. The number of amides is 1. The van der Waals surface area contributed by atoms with Gasteiger partial charge in [0.2, 0.25) is 0 Å². The van der Waals surface area contributed by atoms with Crippen LogP contribution in [-0.4, -0.2) is 61.5 Å². The third-order valence-electron chi connectivity index (χ3n) is 3.23. The molecule has 7 nitrogen and oxygen atoms in total. The van der Waals surface area contributed by atoms with Crippen molar-refractivity contribution in [3.63, 3.8) is 0 Å². The van der Waals surface area contributed by atoms with Crippen molar-refractivity contribution in [2.45, 2.75) is 6.04 Å². The lowest BCUT2D eigenvalue weighted by atomic mass is 10.2. The predicted octanol–water partition coefficient (Wildman–Crippen LogP) is 0.804. The third-order valence-corrected chi connectivity index (χ3v) is 3.23. The van der Waals surface area contributed by atoms with E-state index in [9.17, 15) is 9.59 Å². The normalized spacial score (nSPS) is 18.1. The maximum absolute atomic E-state index is 11.4. The van der Waals surface area contributed by atoms with Gasteiger partial charge in [-0.2, -0.15) is 0 Å². The molecule has 1 amide bonds. The highest BCUT2D eigenvalue weighted by Crippen LogP contribution is 2.14. The lowest BCUT2D eigenvalue weighted by molar-refractivity contribution is 0.0600. The van der Waals surface area contributed by atoms with Gasteiger partial charge in [0.25, 0.3) is 0 Å². The van der Waals surface area contributed by atoms with Crippen molar-refractivity contribution in [2.75, 3.05) is 33.4 Å². The van der Waals surface area contributed by atoms with Gasteiger partial charge < -0.3 is 24.8 Å². The van der Waals surface area contributed by atoms with E-state index in [0.29, 0.717) is 37.6 Å². The molecule has 2 N–H and O–H groups in total. The van der Waals surface area contributed by atoms with E-state index >= 15 is 0 Å². The van der Waals surface area contributed by atoms with Crippen molar-refractivity contribution < 1.29 is 24.2 Å². The van der Waals surface area contributed by atoms with E-state index in [1.54, 1.807) is 24.3 Å². The summed E-state index contributed by atoms with van der Waals surface area (Å²) in [5, 5.41) is 12.2. The van der Waals surface area contributed by atoms with Gasteiger partial charge in [-0.1, -0.05) is 6.07 Å². The van der Waals surface area contributed by atoms with Gasteiger partial charge in [0.1, 0.15) is 12.4 Å². The Bertz CT molecular complexity index is 520. The fourth-order valence-corrected chi connectivity index (χ4v) is 2.14. The first-order chi connectivity index (χ1) is 10.1. The summed E-state index contributed by atoms with van der Waals surface area (Å²) in [4.78, 5) is 23.7. The van der Waals surface area contributed by atoms with E-state index in [1.165, 1.54) is 12.0 Å². The van der Waals surface area contributed by atoms with Crippen LogP contribution in [0.2, 0.25) is 0 Å². The minimum atomic E-state index is -0.922. The second kappa shape index (κ2) is 6.94. The Kier molecular flexibility index (Phi) is 4.99. The topological polar surface area (TPSA) is 88.1 Å².